The van der Waals surface area contributed by atoms with Gasteiger partial charge in [-0.2, -0.15) is 5.26 Å². The zero-order chi connectivity index (χ0) is 16.1. The summed E-state index contributed by atoms with van der Waals surface area (Å²) in [6, 6.07) is 10.4. The van der Waals surface area contributed by atoms with Crippen LogP contribution in [0.2, 0.25) is 0 Å². The molecule has 5 heteroatoms. The van der Waals surface area contributed by atoms with Gasteiger partial charge in [0.05, 0.1) is 11.6 Å². The van der Waals surface area contributed by atoms with Crippen molar-refractivity contribution >= 4 is 5.82 Å². The highest BCUT2D eigenvalue weighted by molar-refractivity contribution is 5.45. The first kappa shape index (κ1) is 15.6. The molecule has 0 radical (unpaired) electrons. The predicted molar refractivity (Wildman–Crippen MR) is 89.3 cm³/mol. The third kappa shape index (κ3) is 4.11. The molecule has 1 fully saturated rings. The highest BCUT2D eigenvalue weighted by Gasteiger charge is 2.19. The van der Waals surface area contributed by atoms with Gasteiger partial charge in [0.15, 0.2) is 0 Å². The molecule has 1 saturated heterocycles. The van der Waals surface area contributed by atoms with Crippen LogP contribution >= 0.6 is 0 Å². The van der Waals surface area contributed by atoms with E-state index in [1.54, 1.807) is 12.3 Å². The van der Waals surface area contributed by atoms with Crippen LogP contribution < -0.4 is 10.2 Å². The molecule has 2 aromatic rings. The maximum atomic E-state index is 8.98. The Kier molecular flexibility index (Phi) is 4.94. The zero-order valence-electron chi connectivity index (χ0n) is 13.5. The van der Waals surface area contributed by atoms with E-state index in [-0.39, 0.29) is 0 Å². The Morgan fingerprint density at radius 3 is 2.87 bits per heavy atom. The van der Waals surface area contributed by atoms with Crippen molar-refractivity contribution < 1.29 is 4.42 Å². The van der Waals surface area contributed by atoms with E-state index < -0.39 is 0 Å². The van der Waals surface area contributed by atoms with Crippen molar-refractivity contribution in [3.05, 3.63) is 47.5 Å². The number of hydrogen-bond acceptors (Lipinski definition) is 5. The van der Waals surface area contributed by atoms with Gasteiger partial charge in [0.1, 0.15) is 17.3 Å². The molecule has 1 N–H and O–H groups in total. The lowest BCUT2D eigenvalue weighted by Crippen LogP contribution is -2.43. The Hall–Kier alpha value is -2.32. The van der Waals surface area contributed by atoms with Crippen molar-refractivity contribution in [1.82, 2.24) is 10.3 Å². The van der Waals surface area contributed by atoms with E-state index in [0.717, 1.165) is 56.2 Å². The van der Waals surface area contributed by atoms with Crippen molar-refractivity contribution in [2.45, 2.75) is 32.2 Å². The summed E-state index contributed by atoms with van der Waals surface area (Å²) in [6.07, 6.45) is 4.83. The molecule has 1 aliphatic rings. The molecule has 120 valence electrons. The summed E-state index contributed by atoms with van der Waals surface area (Å²) in [5, 5.41) is 12.6. The first-order valence-corrected chi connectivity index (χ1v) is 8.14. The average molecular weight is 310 g/mol. The number of anilines is 1. The van der Waals surface area contributed by atoms with E-state index in [4.69, 9.17) is 9.68 Å². The number of aryl methyl sites for hydroxylation is 1. The lowest BCUT2D eigenvalue weighted by molar-refractivity contribution is 0.404. The second-order valence-corrected chi connectivity index (χ2v) is 5.99. The molecule has 0 atom stereocenters. The van der Waals surface area contributed by atoms with Crippen molar-refractivity contribution in [1.29, 1.82) is 5.26 Å². The summed E-state index contributed by atoms with van der Waals surface area (Å²) < 4.78 is 5.59. The van der Waals surface area contributed by atoms with E-state index in [2.05, 4.69) is 21.3 Å². The molecule has 1 aliphatic heterocycles. The molecule has 3 rings (SSSR count). The van der Waals surface area contributed by atoms with Crippen LogP contribution in [0.5, 0.6) is 0 Å². The summed E-state index contributed by atoms with van der Waals surface area (Å²) in [5.74, 6) is 2.93. The Labute approximate surface area is 136 Å². The first-order valence-electron chi connectivity index (χ1n) is 8.14. The van der Waals surface area contributed by atoms with Gasteiger partial charge in [0.2, 0.25) is 0 Å². The van der Waals surface area contributed by atoms with Crippen LogP contribution in [-0.2, 0) is 6.42 Å². The summed E-state index contributed by atoms with van der Waals surface area (Å²) in [6.45, 7) is 4.86. The van der Waals surface area contributed by atoms with Crippen LogP contribution in [0.1, 0.15) is 29.9 Å². The quantitative estimate of drug-likeness (QED) is 0.919. The minimum absolute atomic E-state index is 0.543. The summed E-state index contributed by atoms with van der Waals surface area (Å²) >= 11 is 0. The standard InChI is InChI=1S/C18H22N4O/c1-14-2-3-17(23-14)5-9-20-16-6-10-22(11-7-16)18-12-15(13-19)4-8-21-18/h2-4,8,12,16,20H,5-7,9-11H2,1H3. The zero-order valence-corrected chi connectivity index (χ0v) is 13.5. The van der Waals surface area contributed by atoms with Gasteiger partial charge in [-0.05, 0) is 44.0 Å². The SMILES string of the molecule is Cc1ccc(CCNC2CCN(c3cc(C#N)ccn3)CC2)o1. The Bertz CT molecular complexity index is 680. The minimum atomic E-state index is 0.543. The van der Waals surface area contributed by atoms with E-state index in [9.17, 15) is 0 Å². The highest BCUT2D eigenvalue weighted by atomic mass is 16.3. The van der Waals surface area contributed by atoms with Crippen molar-refractivity contribution in [3.8, 4) is 6.07 Å². The monoisotopic (exact) mass is 310 g/mol. The number of piperidine rings is 1. The largest absolute Gasteiger partial charge is 0.466 e. The third-order valence-corrected chi connectivity index (χ3v) is 4.29. The number of nitriles is 1. The fourth-order valence-electron chi connectivity index (χ4n) is 2.99. The average Bonchev–Trinajstić information content (AvgIpc) is 3.01. The lowest BCUT2D eigenvalue weighted by atomic mass is 10.0. The van der Waals surface area contributed by atoms with Gasteiger partial charge in [0, 0.05) is 38.3 Å². The van der Waals surface area contributed by atoms with Gasteiger partial charge in [-0.25, -0.2) is 4.98 Å². The first-order chi connectivity index (χ1) is 11.2. The maximum Gasteiger partial charge on any atom is 0.129 e. The van der Waals surface area contributed by atoms with Gasteiger partial charge >= 0.3 is 0 Å². The molecule has 5 nitrogen and oxygen atoms in total. The number of pyridine rings is 1. The van der Waals surface area contributed by atoms with Gasteiger partial charge in [-0.15, -0.1) is 0 Å². The van der Waals surface area contributed by atoms with Crippen LogP contribution in [0, 0.1) is 18.3 Å². The number of furan rings is 1. The predicted octanol–water partition coefficient (Wildman–Crippen LogP) is 2.66. The molecule has 0 bridgehead atoms. The molecule has 0 spiro atoms. The molecule has 2 aromatic heterocycles. The molecular formula is C18H22N4O. The summed E-state index contributed by atoms with van der Waals surface area (Å²) in [5.41, 5.74) is 0.670. The van der Waals surface area contributed by atoms with Crippen molar-refractivity contribution in [3.63, 3.8) is 0 Å². The van der Waals surface area contributed by atoms with Crippen LogP contribution in [-0.4, -0.2) is 30.7 Å². The second-order valence-electron chi connectivity index (χ2n) is 5.99. The molecule has 3 heterocycles. The van der Waals surface area contributed by atoms with Gasteiger partial charge < -0.3 is 14.6 Å². The number of nitrogens with one attached hydrogen (secondary N) is 1. The van der Waals surface area contributed by atoms with Crippen molar-refractivity contribution in [2.75, 3.05) is 24.5 Å². The Morgan fingerprint density at radius 1 is 1.35 bits per heavy atom. The highest BCUT2D eigenvalue weighted by Crippen LogP contribution is 2.18. The third-order valence-electron chi connectivity index (χ3n) is 4.29. The van der Waals surface area contributed by atoms with Crippen LogP contribution in [0.3, 0.4) is 0 Å². The molecule has 0 saturated carbocycles. The number of hydrogen-bond donors (Lipinski definition) is 1. The topological polar surface area (TPSA) is 65.1 Å². The maximum absolute atomic E-state index is 8.98. The van der Waals surface area contributed by atoms with E-state index >= 15 is 0 Å². The van der Waals surface area contributed by atoms with E-state index in [1.807, 2.05) is 25.1 Å². The molecule has 23 heavy (non-hydrogen) atoms. The number of aromatic nitrogens is 1. The van der Waals surface area contributed by atoms with Gasteiger partial charge in [0.25, 0.3) is 0 Å². The van der Waals surface area contributed by atoms with Crippen LogP contribution in [0.15, 0.2) is 34.9 Å². The van der Waals surface area contributed by atoms with E-state index in [1.165, 1.54) is 0 Å². The van der Waals surface area contributed by atoms with Crippen LogP contribution in [0.25, 0.3) is 0 Å². The normalized spacial score (nSPS) is 15.6. The molecule has 0 amide bonds. The Morgan fingerprint density at radius 2 is 2.17 bits per heavy atom. The summed E-state index contributed by atoms with van der Waals surface area (Å²) in [7, 11) is 0. The van der Waals surface area contributed by atoms with Gasteiger partial charge in [-0.3, -0.25) is 0 Å². The molecular weight excluding hydrogens is 288 g/mol. The fraction of sp³-hybridized carbons (Fsp3) is 0.444. The molecule has 0 aromatic carbocycles. The molecule has 0 unspecified atom stereocenters. The summed E-state index contributed by atoms with van der Waals surface area (Å²) in [4.78, 5) is 6.64. The van der Waals surface area contributed by atoms with Crippen LogP contribution in [0.4, 0.5) is 5.82 Å². The Balaban J connectivity index is 1.44. The minimum Gasteiger partial charge on any atom is -0.466 e. The number of rotatable bonds is 5. The van der Waals surface area contributed by atoms with E-state index in [0.29, 0.717) is 11.6 Å². The number of nitrogens with zero attached hydrogens (tertiary/aromatic N) is 3. The van der Waals surface area contributed by atoms with Crippen molar-refractivity contribution in [2.24, 2.45) is 0 Å². The fourth-order valence-corrected chi connectivity index (χ4v) is 2.99. The smallest absolute Gasteiger partial charge is 0.129 e. The lowest BCUT2D eigenvalue weighted by Gasteiger charge is -2.33. The molecule has 0 aliphatic carbocycles. The van der Waals surface area contributed by atoms with Gasteiger partial charge in [-0.1, -0.05) is 0 Å². The second kappa shape index (κ2) is 7.30.